The Labute approximate surface area is 80.9 Å². The quantitative estimate of drug-likeness (QED) is 0.549. The van der Waals surface area contributed by atoms with Crippen molar-refractivity contribution in [1.29, 1.82) is 0 Å². The first-order valence-corrected chi connectivity index (χ1v) is 4.17. The molecule has 4 nitrogen and oxygen atoms in total. The molecule has 0 amide bonds. The van der Waals surface area contributed by atoms with Crippen molar-refractivity contribution in [3.8, 4) is 0 Å². The molecular weight excluding hydrogens is 187 g/mol. The van der Waals surface area contributed by atoms with Crippen molar-refractivity contribution in [1.82, 2.24) is 4.98 Å². The zero-order chi connectivity index (χ0) is 10.8. The van der Waals surface area contributed by atoms with Crippen LogP contribution in [-0.4, -0.2) is 15.4 Å². The van der Waals surface area contributed by atoms with E-state index in [4.69, 9.17) is 0 Å². The number of aromatic nitrogens is 1. The van der Waals surface area contributed by atoms with Crippen LogP contribution in [0.25, 0.3) is 0 Å². The molecule has 0 spiro atoms. The Kier molecular flexibility index (Phi) is 2.78. The summed E-state index contributed by atoms with van der Waals surface area (Å²) < 4.78 is 12.5. The van der Waals surface area contributed by atoms with Crippen molar-refractivity contribution in [3.05, 3.63) is 40.0 Å². The van der Waals surface area contributed by atoms with Gasteiger partial charge in [0.05, 0.1) is 12.6 Å². The molecule has 0 bridgehead atoms. The molecule has 0 N–H and O–H groups in total. The maximum absolute atomic E-state index is 12.5. The molecule has 0 aliphatic heterocycles. The van der Waals surface area contributed by atoms with Gasteiger partial charge in [-0.05, 0) is 12.1 Å². The second kappa shape index (κ2) is 3.69. The van der Waals surface area contributed by atoms with Gasteiger partial charge >= 0.3 is 0 Å². The normalized spacial score (nSPS) is 11.4. The molecule has 0 aliphatic rings. The summed E-state index contributed by atoms with van der Waals surface area (Å²) in [5.41, 5.74) is -0.543. The van der Waals surface area contributed by atoms with E-state index in [1.54, 1.807) is 0 Å². The van der Waals surface area contributed by atoms with Crippen LogP contribution in [0.4, 0.5) is 4.39 Å². The number of halogens is 1. The second-order valence-electron chi connectivity index (χ2n) is 3.71. The monoisotopic (exact) mass is 198 g/mol. The maximum Gasteiger partial charge on any atom is 0.222 e. The highest BCUT2D eigenvalue weighted by molar-refractivity contribution is 5.07. The summed E-state index contributed by atoms with van der Waals surface area (Å²) in [5, 5.41) is 10.6. The van der Waals surface area contributed by atoms with Gasteiger partial charge < -0.3 is 0 Å². The lowest BCUT2D eigenvalue weighted by molar-refractivity contribution is -0.560. The average Bonchev–Trinajstić information content (AvgIpc) is 2.08. The zero-order valence-corrected chi connectivity index (χ0v) is 8.03. The molecule has 5 heteroatoms. The van der Waals surface area contributed by atoms with E-state index in [-0.39, 0.29) is 11.3 Å². The molecule has 0 aliphatic carbocycles. The van der Waals surface area contributed by atoms with Crippen LogP contribution in [0, 0.1) is 15.9 Å². The van der Waals surface area contributed by atoms with Crippen molar-refractivity contribution in [2.24, 2.45) is 0 Å². The smallest absolute Gasteiger partial charge is 0.222 e. The van der Waals surface area contributed by atoms with Crippen LogP contribution >= 0.6 is 0 Å². The van der Waals surface area contributed by atoms with Gasteiger partial charge in [0, 0.05) is 24.5 Å². The first-order chi connectivity index (χ1) is 6.42. The van der Waals surface area contributed by atoms with Gasteiger partial charge in [0.2, 0.25) is 5.54 Å². The third-order valence-corrected chi connectivity index (χ3v) is 1.90. The molecule has 0 fully saturated rings. The van der Waals surface area contributed by atoms with Gasteiger partial charge in [-0.25, -0.2) is 4.39 Å². The highest BCUT2D eigenvalue weighted by atomic mass is 19.1. The fourth-order valence-electron chi connectivity index (χ4n) is 1.02. The summed E-state index contributed by atoms with van der Waals surface area (Å²) in [6.45, 7) is 3.02. The molecule has 0 atom stereocenters. The summed E-state index contributed by atoms with van der Waals surface area (Å²) in [5.74, 6) is -0.437. The van der Waals surface area contributed by atoms with Crippen molar-refractivity contribution in [2.45, 2.75) is 25.8 Å². The van der Waals surface area contributed by atoms with Crippen LogP contribution in [0.2, 0.25) is 0 Å². The largest absolute Gasteiger partial charge is 0.264 e. The molecule has 0 saturated carbocycles. The fourth-order valence-corrected chi connectivity index (χ4v) is 1.02. The lowest BCUT2D eigenvalue weighted by Gasteiger charge is -2.14. The van der Waals surface area contributed by atoms with Crippen molar-refractivity contribution >= 4 is 0 Å². The highest BCUT2D eigenvalue weighted by Gasteiger charge is 2.31. The van der Waals surface area contributed by atoms with E-state index in [9.17, 15) is 14.5 Å². The fraction of sp³-hybridized carbons (Fsp3) is 0.444. The van der Waals surface area contributed by atoms with Gasteiger partial charge in [-0.3, -0.25) is 15.1 Å². The highest BCUT2D eigenvalue weighted by Crippen LogP contribution is 2.14. The Balaban J connectivity index is 2.79. The standard InChI is InChI=1S/C9H11FN2O2/c1-9(2,12(13)14)5-8-4-3-7(10)6-11-8/h3-4,6H,5H2,1-2H3. The van der Waals surface area contributed by atoms with Gasteiger partial charge in [0.1, 0.15) is 5.82 Å². The Morgan fingerprint density at radius 1 is 1.57 bits per heavy atom. The molecule has 0 saturated heterocycles. The predicted octanol–water partition coefficient (Wildman–Crippen LogP) is 1.82. The minimum Gasteiger partial charge on any atom is -0.264 e. The summed E-state index contributed by atoms with van der Waals surface area (Å²) in [7, 11) is 0. The molecule has 0 aromatic carbocycles. The number of pyridine rings is 1. The minimum atomic E-state index is -1.06. The summed E-state index contributed by atoms with van der Waals surface area (Å²) in [4.78, 5) is 14.0. The first kappa shape index (κ1) is 10.6. The molecule has 14 heavy (non-hydrogen) atoms. The van der Waals surface area contributed by atoms with Crippen LogP contribution in [0.5, 0.6) is 0 Å². The van der Waals surface area contributed by atoms with E-state index in [0.717, 1.165) is 6.20 Å². The van der Waals surface area contributed by atoms with Crippen LogP contribution < -0.4 is 0 Å². The lowest BCUT2D eigenvalue weighted by atomic mass is 9.99. The third-order valence-electron chi connectivity index (χ3n) is 1.90. The van der Waals surface area contributed by atoms with E-state index in [1.807, 2.05) is 0 Å². The zero-order valence-electron chi connectivity index (χ0n) is 8.03. The second-order valence-corrected chi connectivity index (χ2v) is 3.71. The third kappa shape index (κ3) is 2.48. The molecular formula is C9H11FN2O2. The van der Waals surface area contributed by atoms with Crippen molar-refractivity contribution < 1.29 is 9.31 Å². The molecule has 1 aromatic heterocycles. The first-order valence-electron chi connectivity index (χ1n) is 4.17. The Hall–Kier alpha value is -1.52. The SMILES string of the molecule is CC(C)(Cc1ccc(F)cn1)[N+](=O)[O-]. The Morgan fingerprint density at radius 3 is 2.64 bits per heavy atom. The van der Waals surface area contributed by atoms with Crippen LogP contribution in [0.3, 0.4) is 0 Å². The van der Waals surface area contributed by atoms with E-state index < -0.39 is 11.4 Å². The molecule has 0 unspecified atom stereocenters. The van der Waals surface area contributed by atoms with Gasteiger partial charge in [-0.1, -0.05) is 0 Å². The molecule has 1 rings (SSSR count). The topological polar surface area (TPSA) is 56.0 Å². The van der Waals surface area contributed by atoms with Gasteiger partial charge in [-0.15, -0.1) is 0 Å². The van der Waals surface area contributed by atoms with E-state index >= 15 is 0 Å². The molecule has 0 radical (unpaired) electrons. The number of nitro groups is 1. The molecule has 76 valence electrons. The van der Waals surface area contributed by atoms with Gasteiger partial charge in [-0.2, -0.15) is 0 Å². The maximum atomic E-state index is 12.5. The summed E-state index contributed by atoms with van der Waals surface area (Å²) in [6, 6.07) is 2.71. The van der Waals surface area contributed by atoms with Gasteiger partial charge in [0.15, 0.2) is 0 Å². The summed E-state index contributed by atoms with van der Waals surface area (Å²) >= 11 is 0. The van der Waals surface area contributed by atoms with Crippen LogP contribution in [0.15, 0.2) is 18.3 Å². The summed E-state index contributed by atoms with van der Waals surface area (Å²) in [6.07, 6.45) is 1.26. The number of hydrogen-bond donors (Lipinski definition) is 0. The van der Waals surface area contributed by atoms with Crippen molar-refractivity contribution in [2.75, 3.05) is 0 Å². The van der Waals surface area contributed by atoms with E-state index in [2.05, 4.69) is 4.98 Å². The molecule has 1 heterocycles. The van der Waals surface area contributed by atoms with E-state index in [0.29, 0.717) is 5.69 Å². The number of nitrogens with zero attached hydrogens (tertiary/aromatic N) is 2. The van der Waals surface area contributed by atoms with Crippen molar-refractivity contribution in [3.63, 3.8) is 0 Å². The molecule has 1 aromatic rings. The van der Waals surface area contributed by atoms with Crippen LogP contribution in [-0.2, 0) is 6.42 Å². The number of rotatable bonds is 3. The van der Waals surface area contributed by atoms with E-state index in [1.165, 1.54) is 26.0 Å². The van der Waals surface area contributed by atoms with Crippen LogP contribution in [0.1, 0.15) is 19.5 Å². The Morgan fingerprint density at radius 2 is 2.21 bits per heavy atom. The van der Waals surface area contributed by atoms with Gasteiger partial charge in [0.25, 0.3) is 0 Å². The Bertz CT molecular complexity index is 335. The number of hydrogen-bond acceptors (Lipinski definition) is 3. The minimum absolute atomic E-state index is 0.195. The lowest BCUT2D eigenvalue weighted by Crippen LogP contribution is -2.33. The average molecular weight is 198 g/mol. The predicted molar refractivity (Wildman–Crippen MR) is 49.0 cm³/mol.